The van der Waals surface area contributed by atoms with Crippen molar-refractivity contribution in [3.8, 4) is 0 Å². The molecule has 1 heterocycles. The largest absolute Gasteiger partial charge is 0.381 e. The van der Waals surface area contributed by atoms with Crippen molar-refractivity contribution in [1.29, 1.82) is 0 Å². The smallest absolute Gasteiger partial charge is 0.251 e. The molecule has 160 valence electrons. The molecule has 1 aliphatic heterocycles. The molecule has 2 aliphatic rings. The predicted octanol–water partition coefficient (Wildman–Crippen LogP) is 3.26. The highest BCUT2D eigenvalue weighted by Gasteiger charge is 2.35. The topological polar surface area (TPSA) is 84.5 Å². The van der Waals surface area contributed by atoms with Crippen LogP contribution in [-0.2, 0) is 20.2 Å². The SMILES string of the molecule is O=C(NCC1(c2ccc(Cl)cc2)CCOCC1)c1cccc(S(=O)(=O)NC2CC2)c1. The fourth-order valence-electron chi connectivity index (χ4n) is 3.78. The van der Waals surface area contributed by atoms with Crippen LogP contribution in [0.5, 0.6) is 0 Å². The van der Waals surface area contributed by atoms with Crippen molar-refractivity contribution in [1.82, 2.24) is 10.0 Å². The van der Waals surface area contributed by atoms with Gasteiger partial charge in [-0.05, 0) is 61.6 Å². The molecule has 4 rings (SSSR count). The van der Waals surface area contributed by atoms with E-state index in [0.717, 1.165) is 31.2 Å². The van der Waals surface area contributed by atoms with E-state index in [1.807, 2.05) is 24.3 Å². The van der Waals surface area contributed by atoms with Gasteiger partial charge in [-0.1, -0.05) is 29.8 Å². The third-order valence-electron chi connectivity index (χ3n) is 5.80. The molecule has 30 heavy (non-hydrogen) atoms. The molecule has 2 aromatic rings. The van der Waals surface area contributed by atoms with Crippen LogP contribution in [0.4, 0.5) is 0 Å². The van der Waals surface area contributed by atoms with Crippen LogP contribution in [0, 0.1) is 0 Å². The second-order valence-electron chi connectivity index (χ2n) is 8.01. The second kappa shape index (κ2) is 8.67. The molecular weight excluding hydrogens is 424 g/mol. The van der Waals surface area contributed by atoms with Crippen LogP contribution in [0.25, 0.3) is 0 Å². The minimum Gasteiger partial charge on any atom is -0.381 e. The molecule has 2 aromatic carbocycles. The zero-order valence-electron chi connectivity index (χ0n) is 16.6. The molecule has 1 saturated carbocycles. The summed E-state index contributed by atoms with van der Waals surface area (Å²) in [7, 11) is -3.61. The molecule has 2 N–H and O–H groups in total. The summed E-state index contributed by atoms with van der Waals surface area (Å²) in [5.41, 5.74) is 1.20. The van der Waals surface area contributed by atoms with Gasteiger partial charge in [0.15, 0.2) is 0 Å². The zero-order chi connectivity index (χ0) is 21.2. The quantitative estimate of drug-likeness (QED) is 0.680. The van der Waals surface area contributed by atoms with Crippen molar-refractivity contribution >= 4 is 27.5 Å². The number of carbonyl (C=O) groups is 1. The Kier molecular flexibility index (Phi) is 6.16. The van der Waals surface area contributed by atoms with E-state index in [-0.39, 0.29) is 22.3 Å². The number of halogens is 1. The highest BCUT2D eigenvalue weighted by molar-refractivity contribution is 7.89. The summed E-state index contributed by atoms with van der Waals surface area (Å²) in [6, 6.07) is 13.9. The number of benzene rings is 2. The molecule has 0 aromatic heterocycles. The van der Waals surface area contributed by atoms with Crippen LogP contribution >= 0.6 is 11.6 Å². The van der Waals surface area contributed by atoms with Crippen LogP contribution in [-0.4, -0.2) is 40.1 Å². The number of sulfonamides is 1. The number of hydrogen-bond acceptors (Lipinski definition) is 4. The van der Waals surface area contributed by atoms with Gasteiger partial charge in [0.05, 0.1) is 4.90 Å². The van der Waals surface area contributed by atoms with E-state index >= 15 is 0 Å². The number of amides is 1. The van der Waals surface area contributed by atoms with Crippen molar-refractivity contribution in [3.05, 3.63) is 64.7 Å². The van der Waals surface area contributed by atoms with Gasteiger partial charge < -0.3 is 10.1 Å². The highest BCUT2D eigenvalue weighted by atomic mass is 35.5. The van der Waals surface area contributed by atoms with Gasteiger partial charge >= 0.3 is 0 Å². The van der Waals surface area contributed by atoms with E-state index in [1.165, 1.54) is 12.1 Å². The van der Waals surface area contributed by atoms with Gasteiger partial charge in [0.25, 0.3) is 5.91 Å². The Morgan fingerprint density at radius 3 is 2.47 bits per heavy atom. The van der Waals surface area contributed by atoms with Crippen molar-refractivity contribution in [2.24, 2.45) is 0 Å². The Balaban J connectivity index is 1.50. The first kappa shape index (κ1) is 21.3. The summed E-state index contributed by atoms with van der Waals surface area (Å²) >= 11 is 6.04. The second-order valence-corrected chi connectivity index (χ2v) is 10.2. The van der Waals surface area contributed by atoms with E-state index in [4.69, 9.17) is 16.3 Å². The van der Waals surface area contributed by atoms with Crippen LogP contribution in [0.3, 0.4) is 0 Å². The summed E-state index contributed by atoms with van der Waals surface area (Å²) < 4.78 is 33.1. The third kappa shape index (κ3) is 4.86. The predicted molar refractivity (Wildman–Crippen MR) is 115 cm³/mol. The number of nitrogens with one attached hydrogen (secondary N) is 2. The Labute approximate surface area is 182 Å². The fourth-order valence-corrected chi connectivity index (χ4v) is 5.25. The number of ether oxygens (including phenoxy) is 1. The van der Waals surface area contributed by atoms with E-state index in [9.17, 15) is 13.2 Å². The van der Waals surface area contributed by atoms with Gasteiger partial charge in [-0.3, -0.25) is 4.79 Å². The van der Waals surface area contributed by atoms with E-state index < -0.39 is 10.0 Å². The number of carbonyl (C=O) groups excluding carboxylic acids is 1. The lowest BCUT2D eigenvalue weighted by molar-refractivity contribution is 0.0487. The monoisotopic (exact) mass is 448 g/mol. The van der Waals surface area contributed by atoms with Gasteiger partial charge in [0.1, 0.15) is 0 Å². The maximum atomic E-state index is 12.9. The van der Waals surface area contributed by atoms with Gasteiger partial charge in [-0.25, -0.2) is 13.1 Å². The maximum absolute atomic E-state index is 12.9. The molecule has 0 unspecified atom stereocenters. The molecule has 0 bridgehead atoms. The number of hydrogen-bond donors (Lipinski definition) is 2. The van der Waals surface area contributed by atoms with Crippen LogP contribution in [0.2, 0.25) is 5.02 Å². The summed E-state index contributed by atoms with van der Waals surface area (Å²) in [5.74, 6) is -0.293. The van der Waals surface area contributed by atoms with Crippen LogP contribution in [0.1, 0.15) is 41.6 Å². The molecule has 2 fully saturated rings. The van der Waals surface area contributed by atoms with E-state index in [1.54, 1.807) is 12.1 Å². The Bertz CT molecular complexity index is 1010. The molecule has 8 heteroatoms. The van der Waals surface area contributed by atoms with Gasteiger partial charge in [-0.15, -0.1) is 0 Å². The average Bonchev–Trinajstić information content (AvgIpc) is 3.56. The maximum Gasteiger partial charge on any atom is 0.251 e. The van der Waals surface area contributed by atoms with Crippen molar-refractivity contribution in [2.45, 2.75) is 42.0 Å². The lowest BCUT2D eigenvalue weighted by atomic mass is 9.74. The Hall–Kier alpha value is -1.93. The first-order valence-corrected chi connectivity index (χ1v) is 12.0. The number of rotatable bonds is 7. The average molecular weight is 449 g/mol. The molecule has 0 atom stereocenters. The zero-order valence-corrected chi connectivity index (χ0v) is 18.1. The van der Waals surface area contributed by atoms with E-state index in [2.05, 4.69) is 10.0 Å². The Morgan fingerprint density at radius 1 is 1.10 bits per heavy atom. The van der Waals surface area contributed by atoms with Gasteiger partial charge in [0, 0.05) is 41.8 Å². The van der Waals surface area contributed by atoms with Crippen molar-refractivity contribution in [2.75, 3.05) is 19.8 Å². The van der Waals surface area contributed by atoms with Crippen molar-refractivity contribution in [3.63, 3.8) is 0 Å². The minimum atomic E-state index is -3.61. The highest BCUT2D eigenvalue weighted by Crippen LogP contribution is 2.35. The van der Waals surface area contributed by atoms with Gasteiger partial charge in [0.2, 0.25) is 10.0 Å². The standard InChI is InChI=1S/C22H25ClN2O4S/c23-18-6-4-17(5-7-18)22(10-12-29-13-11-22)15-24-21(26)16-2-1-3-20(14-16)30(27,28)25-19-8-9-19/h1-7,14,19,25H,8-13,15H2,(H,24,26). The molecule has 1 aliphatic carbocycles. The lowest BCUT2D eigenvalue weighted by Gasteiger charge is -2.38. The normalized spacial score (nSPS) is 18.7. The summed E-state index contributed by atoms with van der Waals surface area (Å²) in [6.07, 6.45) is 3.29. The Morgan fingerprint density at radius 2 is 1.80 bits per heavy atom. The van der Waals surface area contributed by atoms with Crippen LogP contribution in [0.15, 0.2) is 53.4 Å². The summed E-state index contributed by atoms with van der Waals surface area (Å²) in [6.45, 7) is 1.69. The molecule has 1 saturated heterocycles. The molecule has 6 nitrogen and oxygen atoms in total. The molecule has 0 radical (unpaired) electrons. The summed E-state index contributed by atoms with van der Waals surface area (Å²) in [4.78, 5) is 13.0. The first-order valence-electron chi connectivity index (χ1n) is 10.1. The third-order valence-corrected chi connectivity index (χ3v) is 7.57. The summed E-state index contributed by atoms with van der Waals surface area (Å²) in [5, 5.41) is 3.68. The van der Waals surface area contributed by atoms with E-state index in [0.29, 0.717) is 30.3 Å². The van der Waals surface area contributed by atoms with Crippen LogP contribution < -0.4 is 10.0 Å². The fraction of sp³-hybridized carbons (Fsp3) is 0.409. The van der Waals surface area contributed by atoms with Crippen molar-refractivity contribution < 1.29 is 17.9 Å². The first-order chi connectivity index (χ1) is 14.4. The molecule has 1 amide bonds. The molecular formula is C22H25ClN2O4S. The minimum absolute atomic E-state index is 0.0141. The van der Waals surface area contributed by atoms with Gasteiger partial charge in [-0.2, -0.15) is 0 Å². The molecule has 0 spiro atoms. The lowest BCUT2D eigenvalue weighted by Crippen LogP contribution is -2.44.